The first-order valence-corrected chi connectivity index (χ1v) is 9.21. The molecule has 2 N–H and O–H groups in total. The van der Waals surface area contributed by atoms with Crippen molar-refractivity contribution in [3.8, 4) is 0 Å². The Hall–Kier alpha value is -1.10. The van der Waals surface area contributed by atoms with E-state index in [0.717, 1.165) is 12.8 Å². The van der Waals surface area contributed by atoms with Gasteiger partial charge in [-0.05, 0) is 19.5 Å². The number of carbonyl (C=O) groups is 2. The quantitative estimate of drug-likeness (QED) is 0.416. The highest BCUT2D eigenvalue weighted by Gasteiger charge is 2.26. The Labute approximate surface area is 141 Å². The van der Waals surface area contributed by atoms with E-state index in [1.165, 1.54) is 51.4 Å². The van der Waals surface area contributed by atoms with Crippen LogP contribution in [0.15, 0.2) is 0 Å². The standard InChI is InChI=1S/C18H35NO4/c1-3-5-6-7-8-9-10-11-12-13-14-19(4-2)16(18(22)23)15-17(20)21/h16H,3-15H2,1-2H3,(H,20,21)(H,22,23). The Morgan fingerprint density at radius 1 is 0.826 bits per heavy atom. The van der Waals surface area contributed by atoms with Gasteiger partial charge in [0.25, 0.3) is 0 Å². The maximum Gasteiger partial charge on any atom is 0.321 e. The maximum absolute atomic E-state index is 11.2. The first kappa shape index (κ1) is 21.9. The average Bonchev–Trinajstić information content (AvgIpc) is 2.50. The van der Waals surface area contributed by atoms with E-state index >= 15 is 0 Å². The molecule has 23 heavy (non-hydrogen) atoms. The molecule has 0 aliphatic carbocycles. The van der Waals surface area contributed by atoms with Crippen LogP contribution < -0.4 is 0 Å². The Morgan fingerprint density at radius 3 is 1.70 bits per heavy atom. The van der Waals surface area contributed by atoms with Crippen molar-refractivity contribution in [2.75, 3.05) is 13.1 Å². The second-order valence-electron chi connectivity index (χ2n) is 6.26. The van der Waals surface area contributed by atoms with Gasteiger partial charge in [-0.15, -0.1) is 0 Å². The molecule has 0 rings (SSSR count). The van der Waals surface area contributed by atoms with Crippen LogP contribution in [0, 0.1) is 0 Å². The third-order valence-electron chi connectivity index (χ3n) is 4.30. The fraction of sp³-hybridized carbons (Fsp3) is 0.889. The molecule has 0 saturated carbocycles. The van der Waals surface area contributed by atoms with Gasteiger partial charge in [-0.25, -0.2) is 0 Å². The summed E-state index contributed by atoms with van der Waals surface area (Å²) in [5.41, 5.74) is 0. The highest BCUT2D eigenvalue weighted by molar-refractivity contribution is 5.80. The van der Waals surface area contributed by atoms with Crippen molar-refractivity contribution in [2.24, 2.45) is 0 Å². The van der Waals surface area contributed by atoms with Crippen molar-refractivity contribution >= 4 is 11.9 Å². The Balaban J connectivity index is 3.78. The van der Waals surface area contributed by atoms with E-state index in [4.69, 9.17) is 5.11 Å². The highest BCUT2D eigenvalue weighted by Crippen LogP contribution is 2.12. The van der Waals surface area contributed by atoms with Crippen LogP contribution in [-0.2, 0) is 9.59 Å². The van der Waals surface area contributed by atoms with Crippen LogP contribution in [0.25, 0.3) is 0 Å². The minimum absolute atomic E-state index is 0.332. The zero-order valence-corrected chi connectivity index (χ0v) is 14.9. The average molecular weight is 329 g/mol. The van der Waals surface area contributed by atoms with Gasteiger partial charge in [0.05, 0.1) is 6.42 Å². The SMILES string of the molecule is CCCCCCCCCCCCN(CC)C(CC(=O)O)C(=O)O. The summed E-state index contributed by atoms with van der Waals surface area (Å²) in [5.74, 6) is -2.10. The molecule has 0 saturated heterocycles. The van der Waals surface area contributed by atoms with Gasteiger partial charge in [0.15, 0.2) is 0 Å². The number of hydrogen-bond donors (Lipinski definition) is 2. The van der Waals surface area contributed by atoms with Crippen LogP contribution in [0.3, 0.4) is 0 Å². The molecule has 0 bridgehead atoms. The lowest BCUT2D eigenvalue weighted by Crippen LogP contribution is -2.43. The molecule has 0 aliphatic rings. The van der Waals surface area contributed by atoms with Crippen molar-refractivity contribution in [3.63, 3.8) is 0 Å². The zero-order chi connectivity index (χ0) is 17.5. The van der Waals surface area contributed by atoms with Gasteiger partial charge in [0.1, 0.15) is 6.04 Å². The van der Waals surface area contributed by atoms with Gasteiger partial charge >= 0.3 is 11.9 Å². The number of nitrogens with zero attached hydrogens (tertiary/aromatic N) is 1. The van der Waals surface area contributed by atoms with Gasteiger partial charge < -0.3 is 10.2 Å². The van der Waals surface area contributed by atoms with Gasteiger partial charge in [-0.2, -0.15) is 0 Å². The number of unbranched alkanes of at least 4 members (excludes halogenated alkanes) is 9. The summed E-state index contributed by atoms with van der Waals surface area (Å²) in [6, 6.07) is -0.906. The molecule has 0 aromatic rings. The minimum Gasteiger partial charge on any atom is -0.481 e. The summed E-state index contributed by atoms with van der Waals surface area (Å²) < 4.78 is 0. The minimum atomic E-state index is -1.06. The molecule has 1 atom stereocenters. The molecular weight excluding hydrogens is 294 g/mol. The zero-order valence-electron chi connectivity index (χ0n) is 14.9. The van der Waals surface area contributed by atoms with Crippen molar-refractivity contribution in [1.29, 1.82) is 0 Å². The fourth-order valence-corrected chi connectivity index (χ4v) is 2.87. The predicted molar refractivity (Wildman–Crippen MR) is 92.8 cm³/mol. The van der Waals surface area contributed by atoms with Crippen LogP contribution >= 0.6 is 0 Å². The number of carboxylic acid groups (broad SMARTS) is 2. The van der Waals surface area contributed by atoms with Crippen molar-refractivity contribution in [3.05, 3.63) is 0 Å². The van der Waals surface area contributed by atoms with Crippen LogP contribution in [-0.4, -0.2) is 46.2 Å². The van der Waals surface area contributed by atoms with E-state index in [-0.39, 0.29) is 6.42 Å². The number of rotatable bonds is 16. The molecule has 1 unspecified atom stereocenters. The van der Waals surface area contributed by atoms with E-state index in [1.807, 2.05) is 6.92 Å². The summed E-state index contributed by atoms with van der Waals surface area (Å²) in [6.07, 6.45) is 12.0. The number of hydrogen-bond acceptors (Lipinski definition) is 3. The van der Waals surface area contributed by atoms with Crippen molar-refractivity contribution in [1.82, 2.24) is 4.90 Å². The van der Waals surface area contributed by atoms with E-state index in [0.29, 0.717) is 13.1 Å². The molecule has 0 amide bonds. The van der Waals surface area contributed by atoms with Crippen LogP contribution in [0.1, 0.15) is 84.5 Å². The first-order valence-electron chi connectivity index (χ1n) is 9.21. The van der Waals surface area contributed by atoms with Crippen molar-refractivity contribution < 1.29 is 19.8 Å². The third kappa shape index (κ3) is 12.0. The van der Waals surface area contributed by atoms with Gasteiger partial charge in [-0.1, -0.05) is 71.6 Å². The van der Waals surface area contributed by atoms with Crippen LogP contribution in [0.2, 0.25) is 0 Å². The van der Waals surface area contributed by atoms with Crippen LogP contribution in [0.5, 0.6) is 0 Å². The molecular formula is C18H35NO4. The second-order valence-corrected chi connectivity index (χ2v) is 6.26. The fourth-order valence-electron chi connectivity index (χ4n) is 2.87. The molecule has 0 aliphatic heterocycles. The summed E-state index contributed by atoms with van der Waals surface area (Å²) >= 11 is 0. The van der Waals surface area contributed by atoms with Gasteiger partial charge in [0, 0.05) is 0 Å². The van der Waals surface area contributed by atoms with Crippen LogP contribution in [0.4, 0.5) is 0 Å². The molecule has 0 radical (unpaired) electrons. The Kier molecular flexibility index (Phi) is 13.8. The number of carboxylic acids is 2. The van der Waals surface area contributed by atoms with E-state index in [1.54, 1.807) is 4.90 Å². The summed E-state index contributed by atoms with van der Waals surface area (Å²) in [6.45, 7) is 5.35. The smallest absolute Gasteiger partial charge is 0.321 e. The molecule has 5 heteroatoms. The van der Waals surface area contributed by atoms with Crippen molar-refractivity contribution in [2.45, 2.75) is 90.5 Å². The molecule has 5 nitrogen and oxygen atoms in total. The Morgan fingerprint density at radius 2 is 1.30 bits per heavy atom. The molecule has 0 fully saturated rings. The normalized spacial score (nSPS) is 12.5. The molecule has 0 heterocycles. The first-order chi connectivity index (χ1) is 11.0. The monoisotopic (exact) mass is 329 g/mol. The Bertz CT molecular complexity index is 320. The van der Waals surface area contributed by atoms with E-state index in [9.17, 15) is 14.7 Å². The topological polar surface area (TPSA) is 77.8 Å². The lowest BCUT2D eigenvalue weighted by Gasteiger charge is -2.26. The maximum atomic E-state index is 11.2. The molecule has 0 aromatic heterocycles. The third-order valence-corrected chi connectivity index (χ3v) is 4.30. The lowest BCUT2D eigenvalue weighted by molar-refractivity contribution is -0.149. The number of aliphatic carboxylic acids is 2. The van der Waals surface area contributed by atoms with Gasteiger partial charge in [-0.3, -0.25) is 14.5 Å². The van der Waals surface area contributed by atoms with E-state index < -0.39 is 18.0 Å². The largest absolute Gasteiger partial charge is 0.481 e. The van der Waals surface area contributed by atoms with Gasteiger partial charge in [0.2, 0.25) is 0 Å². The summed E-state index contributed by atoms with van der Waals surface area (Å²) in [5, 5.41) is 18.0. The summed E-state index contributed by atoms with van der Waals surface area (Å²) in [4.78, 5) is 23.8. The molecule has 0 spiro atoms. The van der Waals surface area contributed by atoms with E-state index in [2.05, 4.69) is 6.92 Å². The molecule has 136 valence electrons. The second kappa shape index (κ2) is 14.5. The lowest BCUT2D eigenvalue weighted by atomic mass is 10.1. The highest BCUT2D eigenvalue weighted by atomic mass is 16.4. The summed E-state index contributed by atoms with van der Waals surface area (Å²) in [7, 11) is 0. The molecule has 0 aromatic carbocycles. The predicted octanol–water partition coefficient (Wildman–Crippen LogP) is 4.16. The number of likely N-dealkylation sites (N-methyl/N-ethyl adjacent to an activating group) is 1.